The van der Waals surface area contributed by atoms with Gasteiger partial charge in [0.2, 0.25) is 0 Å². The predicted octanol–water partition coefficient (Wildman–Crippen LogP) is 3.75. The number of non-ortho nitro benzene ring substituents is 1. The number of carbonyl (C=O) groups is 2. The van der Waals surface area contributed by atoms with E-state index in [0.29, 0.717) is 24.6 Å². The summed E-state index contributed by atoms with van der Waals surface area (Å²) in [7, 11) is 0. The Bertz CT molecular complexity index is 1060. The molecule has 30 heavy (non-hydrogen) atoms. The molecule has 2 amide bonds. The van der Waals surface area contributed by atoms with Crippen LogP contribution in [-0.2, 0) is 9.59 Å². The Morgan fingerprint density at radius 1 is 1.10 bits per heavy atom. The molecular formula is C22H20FN3O4. The molecular weight excluding hydrogens is 389 g/mol. The number of benzene rings is 2. The zero-order valence-electron chi connectivity index (χ0n) is 16.4. The Morgan fingerprint density at radius 2 is 1.83 bits per heavy atom. The molecule has 1 unspecified atom stereocenters. The molecule has 2 heterocycles. The van der Waals surface area contributed by atoms with Crippen LogP contribution >= 0.6 is 0 Å². The highest BCUT2D eigenvalue weighted by atomic mass is 19.1. The summed E-state index contributed by atoms with van der Waals surface area (Å²) in [5, 5.41) is 11.0. The van der Waals surface area contributed by atoms with Crippen molar-refractivity contribution in [3.8, 4) is 0 Å². The van der Waals surface area contributed by atoms with Crippen molar-refractivity contribution in [3.63, 3.8) is 0 Å². The van der Waals surface area contributed by atoms with Gasteiger partial charge in [0, 0.05) is 25.2 Å². The molecule has 1 saturated heterocycles. The lowest BCUT2D eigenvalue weighted by Gasteiger charge is -2.33. The van der Waals surface area contributed by atoms with Crippen LogP contribution < -0.4 is 4.90 Å². The molecule has 0 aromatic heterocycles. The molecule has 2 aliphatic rings. The van der Waals surface area contributed by atoms with Crippen LogP contribution in [0.15, 0.2) is 54.2 Å². The Balaban J connectivity index is 1.82. The molecule has 1 atom stereocenters. The number of carbonyl (C=O) groups excluding carboxylic acids is 2. The lowest BCUT2D eigenvalue weighted by molar-refractivity contribution is -0.384. The van der Waals surface area contributed by atoms with Crippen molar-refractivity contribution in [1.82, 2.24) is 4.90 Å². The fourth-order valence-corrected chi connectivity index (χ4v) is 4.06. The van der Waals surface area contributed by atoms with E-state index in [0.717, 1.165) is 23.8 Å². The SMILES string of the molecule is CC1CCCN(C2=C(c3ccc([N+](=O)[O-])cc3)C(=O)N(c3cccc(F)c3)C2=O)C1. The Kier molecular flexibility index (Phi) is 5.07. The largest absolute Gasteiger partial charge is 0.366 e. The minimum atomic E-state index is -0.562. The maximum Gasteiger partial charge on any atom is 0.282 e. The van der Waals surface area contributed by atoms with Gasteiger partial charge in [-0.05, 0) is 54.7 Å². The maximum absolute atomic E-state index is 13.8. The molecule has 1 fully saturated rings. The summed E-state index contributed by atoms with van der Waals surface area (Å²) in [5.74, 6) is -1.26. The molecule has 2 aromatic rings. The van der Waals surface area contributed by atoms with Gasteiger partial charge in [0.1, 0.15) is 11.5 Å². The van der Waals surface area contributed by atoms with Crippen molar-refractivity contribution in [3.05, 3.63) is 75.7 Å². The first-order chi connectivity index (χ1) is 14.4. The molecule has 0 bridgehead atoms. The number of nitro benzene ring substituents is 1. The number of likely N-dealkylation sites (tertiary alicyclic amines) is 1. The Hall–Kier alpha value is -3.55. The average molecular weight is 409 g/mol. The van der Waals surface area contributed by atoms with E-state index in [1.807, 2.05) is 4.90 Å². The Labute approximate surface area is 172 Å². The van der Waals surface area contributed by atoms with Crippen molar-refractivity contribution < 1.29 is 18.9 Å². The summed E-state index contributed by atoms with van der Waals surface area (Å²) in [6.07, 6.45) is 1.92. The fraction of sp³-hybridized carbons (Fsp3) is 0.273. The van der Waals surface area contributed by atoms with Gasteiger partial charge >= 0.3 is 0 Å². The van der Waals surface area contributed by atoms with E-state index >= 15 is 0 Å². The van der Waals surface area contributed by atoms with E-state index in [-0.39, 0.29) is 22.6 Å². The van der Waals surface area contributed by atoms with Crippen molar-refractivity contribution in [1.29, 1.82) is 0 Å². The van der Waals surface area contributed by atoms with Crippen LogP contribution in [0.2, 0.25) is 0 Å². The zero-order valence-corrected chi connectivity index (χ0v) is 16.4. The lowest BCUT2D eigenvalue weighted by atomic mass is 9.97. The molecule has 0 aliphatic carbocycles. The van der Waals surface area contributed by atoms with Gasteiger partial charge in [0.15, 0.2) is 0 Å². The monoisotopic (exact) mass is 409 g/mol. The van der Waals surface area contributed by atoms with E-state index in [4.69, 9.17) is 0 Å². The fourth-order valence-electron chi connectivity index (χ4n) is 4.06. The maximum atomic E-state index is 13.8. The van der Waals surface area contributed by atoms with Gasteiger partial charge in [-0.15, -0.1) is 0 Å². The number of rotatable bonds is 4. The highest BCUT2D eigenvalue weighted by molar-refractivity contribution is 6.45. The molecule has 2 aromatic carbocycles. The molecule has 4 rings (SSSR count). The van der Waals surface area contributed by atoms with E-state index in [1.54, 1.807) is 0 Å². The second kappa shape index (κ2) is 7.70. The first-order valence-corrected chi connectivity index (χ1v) is 9.75. The highest BCUT2D eigenvalue weighted by Gasteiger charge is 2.43. The summed E-state index contributed by atoms with van der Waals surface area (Å²) < 4.78 is 13.8. The molecule has 0 N–H and O–H groups in total. The number of imide groups is 1. The molecule has 154 valence electrons. The van der Waals surface area contributed by atoms with Crippen LogP contribution in [0, 0.1) is 21.8 Å². The first kappa shape index (κ1) is 19.8. The van der Waals surface area contributed by atoms with Gasteiger partial charge in [-0.25, -0.2) is 9.29 Å². The van der Waals surface area contributed by atoms with Crippen molar-refractivity contribution >= 4 is 28.8 Å². The molecule has 0 spiro atoms. The van der Waals surface area contributed by atoms with Crippen LogP contribution in [0.25, 0.3) is 5.57 Å². The molecule has 2 aliphatic heterocycles. The third-order valence-electron chi connectivity index (χ3n) is 5.47. The van der Waals surface area contributed by atoms with E-state index < -0.39 is 22.6 Å². The second-order valence-electron chi connectivity index (χ2n) is 7.65. The minimum Gasteiger partial charge on any atom is -0.366 e. The van der Waals surface area contributed by atoms with Crippen LogP contribution in [0.1, 0.15) is 25.3 Å². The number of amides is 2. The van der Waals surface area contributed by atoms with Crippen molar-refractivity contribution in [2.75, 3.05) is 18.0 Å². The quantitative estimate of drug-likeness (QED) is 0.436. The van der Waals surface area contributed by atoms with E-state index in [1.165, 1.54) is 42.5 Å². The number of piperidine rings is 1. The van der Waals surface area contributed by atoms with Gasteiger partial charge in [-0.3, -0.25) is 19.7 Å². The summed E-state index contributed by atoms with van der Waals surface area (Å²) in [4.78, 5) is 40.1. The smallest absolute Gasteiger partial charge is 0.282 e. The number of hydrogen-bond acceptors (Lipinski definition) is 5. The van der Waals surface area contributed by atoms with Crippen molar-refractivity contribution in [2.24, 2.45) is 5.92 Å². The summed E-state index contributed by atoms with van der Waals surface area (Å²) in [6.45, 7) is 3.35. The highest BCUT2D eigenvalue weighted by Crippen LogP contribution is 2.37. The van der Waals surface area contributed by atoms with E-state index in [9.17, 15) is 24.1 Å². The van der Waals surface area contributed by atoms with Crippen LogP contribution in [0.4, 0.5) is 15.8 Å². The lowest BCUT2D eigenvalue weighted by Crippen LogP contribution is -2.39. The van der Waals surface area contributed by atoms with Gasteiger partial charge in [-0.2, -0.15) is 0 Å². The summed E-state index contributed by atoms with van der Waals surface area (Å²) >= 11 is 0. The number of nitrogens with zero attached hydrogens (tertiary/aromatic N) is 3. The molecule has 0 saturated carbocycles. The second-order valence-corrected chi connectivity index (χ2v) is 7.65. The molecule has 0 radical (unpaired) electrons. The molecule has 7 nitrogen and oxygen atoms in total. The van der Waals surface area contributed by atoms with Crippen molar-refractivity contribution in [2.45, 2.75) is 19.8 Å². The summed E-state index contributed by atoms with van der Waals surface area (Å²) in [5.41, 5.74) is 0.930. The number of anilines is 1. The Morgan fingerprint density at radius 3 is 2.47 bits per heavy atom. The normalized spacial score (nSPS) is 19.6. The first-order valence-electron chi connectivity index (χ1n) is 9.75. The average Bonchev–Trinajstić information content (AvgIpc) is 2.98. The van der Waals surface area contributed by atoms with Crippen LogP contribution in [0.3, 0.4) is 0 Å². The van der Waals surface area contributed by atoms with Crippen LogP contribution in [0.5, 0.6) is 0 Å². The predicted molar refractivity (Wildman–Crippen MR) is 109 cm³/mol. The van der Waals surface area contributed by atoms with Crippen LogP contribution in [-0.4, -0.2) is 34.7 Å². The van der Waals surface area contributed by atoms with Gasteiger partial charge in [-0.1, -0.05) is 13.0 Å². The number of nitro groups is 1. The zero-order chi connectivity index (χ0) is 21.4. The third kappa shape index (κ3) is 3.45. The number of hydrogen-bond donors (Lipinski definition) is 0. The van der Waals surface area contributed by atoms with Gasteiger partial charge in [0.25, 0.3) is 17.5 Å². The topological polar surface area (TPSA) is 83.8 Å². The van der Waals surface area contributed by atoms with Gasteiger partial charge in [0.05, 0.1) is 16.2 Å². The third-order valence-corrected chi connectivity index (χ3v) is 5.47. The summed E-state index contributed by atoms with van der Waals surface area (Å²) in [6, 6.07) is 10.9. The van der Waals surface area contributed by atoms with Gasteiger partial charge < -0.3 is 4.90 Å². The number of halogens is 1. The minimum absolute atomic E-state index is 0.105. The van der Waals surface area contributed by atoms with E-state index in [2.05, 4.69) is 6.92 Å². The standard InChI is InChI=1S/C22H20FN3O4/c1-14-4-3-11-24(13-14)20-19(15-7-9-17(10-8-15)26(29)30)21(27)25(22(20)28)18-6-2-5-16(23)12-18/h2,5-10,12,14H,3-4,11,13H2,1H3. The molecule has 8 heteroatoms.